The number of benzene rings is 1. The van der Waals surface area contributed by atoms with E-state index in [4.69, 9.17) is 21.1 Å². The molecule has 4 fully saturated rings. The van der Waals surface area contributed by atoms with Gasteiger partial charge in [-0.1, -0.05) is 25.4 Å². The van der Waals surface area contributed by atoms with Gasteiger partial charge in [-0.15, -0.1) is 0 Å². The fraction of sp³-hybridized carbons (Fsp3) is 0.714. The Morgan fingerprint density at radius 1 is 1.04 bits per heavy atom. The van der Waals surface area contributed by atoms with Gasteiger partial charge < -0.3 is 14.8 Å². The molecule has 3 nitrogen and oxygen atoms in total. The first-order valence-electron chi connectivity index (χ1n) is 9.43. The molecule has 2 unspecified atom stereocenters. The van der Waals surface area contributed by atoms with Gasteiger partial charge in [0.1, 0.15) is 0 Å². The largest absolute Gasteiger partial charge is 0.493 e. The Morgan fingerprint density at radius 2 is 1.72 bits per heavy atom. The van der Waals surface area contributed by atoms with E-state index in [0.29, 0.717) is 21.6 Å². The molecule has 138 valence electrons. The van der Waals surface area contributed by atoms with Crippen LogP contribution in [0.1, 0.15) is 57.9 Å². The van der Waals surface area contributed by atoms with Crippen molar-refractivity contribution in [3.8, 4) is 11.5 Å². The van der Waals surface area contributed by atoms with Crippen LogP contribution in [0.15, 0.2) is 12.1 Å². The average molecular weight is 364 g/mol. The molecule has 0 saturated heterocycles. The zero-order valence-corrected chi connectivity index (χ0v) is 16.6. The molecule has 4 aliphatic carbocycles. The Morgan fingerprint density at radius 3 is 2.28 bits per heavy atom. The summed E-state index contributed by atoms with van der Waals surface area (Å²) in [6.45, 7) is 5.79. The van der Waals surface area contributed by atoms with Crippen molar-refractivity contribution < 1.29 is 9.47 Å². The zero-order chi connectivity index (χ0) is 17.9. The minimum atomic E-state index is 0.267. The Bertz CT molecular complexity index is 671. The second kappa shape index (κ2) is 5.79. The van der Waals surface area contributed by atoms with Crippen LogP contribution >= 0.6 is 11.6 Å². The van der Waals surface area contributed by atoms with E-state index in [0.717, 1.165) is 23.8 Å². The Labute approximate surface area is 156 Å². The van der Waals surface area contributed by atoms with Crippen molar-refractivity contribution >= 4 is 11.6 Å². The highest BCUT2D eigenvalue weighted by Gasteiger charge is 2.59. The summed E-state index contributed by atoms with van der Waals surface area (Å²) < 4.78 is 11.1. The summed E-state index contributed by atoms with van der Waals surface area (Å²) in [5.41, 5.74) is 2.37. The molecule has 0 aromatic heterocycles. The predicted octanol–water partition coefficient (Wildman–Crippen LogP) is 5.20. The van der Waals surface area contributed by atoms with Gasteiger partial charge in [0.2, 0.25) is 0 Å². The molecule has 0 spiro atoms. The van der Waals surface area contributed by atoms with Crippen molar-refractivity contribution in [1.82, 2.24) is 5.32 Å². The molecule has 0 radical (unpaired) electrons. The second-order valence-electron chi connectivity index (χ2n) is 9.56. The summed E-state index contributed by atoms with van der Waals surface area (Å²) in [6, 6.07) is 3.82. The Kier molecular flexibility index (Phi) is 4.05. The molecule has 4 heteroatoms. The monoisotopic (exact) mass is 363 g/mol. The minimum Gasteiger partial charge on any atom is -0.493 e. The first kappa shape index (κ1) is 17.5. The topological polar surface area (TPSA) is 30.5 Å². The molecule has 4 saturated carbocycles. The number of hydrogen-bond donors (Lipinski definition) is 1. The van der Waals surface area contributed by atoms with Gasteiger partial charge in [0, 0.05) is 28.7 Å². The van der Waals surface area contributed by atoms with Crippen LogP contribution in [0.5, 0.6) is 11.5 Å². The fourth-order valence-corrected chi connectivity index (χ4v) is 7.30. The van der Waals surface area contributed by atoms with Crippen LogP contribution in [0.2, 0.25) is 5.02 Å². The van der Waals surface area contributed by atoms with Crippen molar-refractivity contribution in [3.05, 3.63) is 22.7 Å². The number of rotatable bonds is 5. The maximum atomic E-state index is 6.29. The van der Waals surface area contributed by atoms with E-state index in [-0.39, 0.29) is 5.54 Å². The van der Waals surface area contributed by atoms with Gasteiger partial charge >= 0.3 is 0 Å². The lowest BCUT2D eigenvalue weighted by Crippen LogP contribution is -2.63. The van der Waals surface area contributed by atoms with Crippen molar-refractivity contribution in [3.63, 3.8) is 0 Å². The summed E-state index contributed by atoms with van der Waals surface area (Å²) in [4.78, 5) is 0. The number of nitrogens with one attached hydrogen (secondary N) is 1. The molecule has 4 bridgehead atoms. The molecule has 5 rings (SSSR count). The molecular formula is C21H30ClNO2. The molecule has 4 aliphatic rings. The zero-order valence-electron chi connectivity index (χ0n) is 15.9. The van der Waals surface area contributed by atoms with Gasteiger partial charge in [0.05, 0.1) is 14.2 Å². The highest BCUT2D eigenvalue weighted by atomic mass is 35.5. The maximum absolute atomic E-state index is 6.29. The standard InChI is InChI=1S/C21H30ClNO2/c1-19-7-14-8-20(2,11-19)13-21(9-14,12-19)23-10-15-5-16(22)6-17(24-3)18(15)25-4/h5-6,14,23H,7-13H2,1-4H3/t14?,19-,20+,21?. The summed E-state index contributed by atoms with van der Waals surface area (Å²) in [5, 5.41) is 4.65. The van der Waals surface area contributed by atoms with Crippen molar-refractivity contribution in [2.45, 2.75) is 64.5 Å². The van der Waals surface area contributed by atoms with E-state index in [9.17, 15) is 0 Å². The smallest absolute Gasteiger partial charge is 0.165 e. The summed E-state index contributed by atoms with van der Waals surface area (Å²) in [7, 11) is 3.36. The first-order chi connectivity index (χ1) is 11.8. The van der Waals surface area contributed by atoms with Gasteiger partial charge in [0.25, 0.3) is 0 Å². The molecule has 1 aromatic rings. The number of hydrogen-bond acceptors (Lipinski definition) is 3. The van der Waals surface area contributed by atoms with E-state index >= 15 is 0 Å². The third-order valence-electron chi connectivity index (χ3n) is 6.80. The van der Waals surface area contributed by atoms with Crippen LogP contribution in [0.4, 0.5) is 0 Å². The third-order valence-corrected chi connectivity index (χ3v) is 7.02. The molecule has 1 N–H and O–H groups in total. The average Bonchev–Trinajstić information content (AvgIpc) is 2.48. The van der Waals surface area contributed by atoms with Gasteiger partial charge in [-0.3, -0.25) is 0 Å². The Hall–Kier alpha value is -0.930. The van der Waals surface area contributed by atoms with Crippen LogP contribution in [0, 0.1) is 16.7 Å². The normalized spacial score (nSPS) is 38.8. The quantitative estimate of drug-likeness (QED) is 0.780. The number of halogens is 1. The highest BCUT2D eigenvalue weighted by Crippen LogP contribution is 2.66. The lowest BCUT2D eigenvalue weighted by molar-refractivity contribution is -0.118. The van der Waals surface area contributed by atoms with Crippen molar-refractivity contribution in [2.75, 3.05) is 14.2 Å². The fourth-order valence-electron chi connectivity index (χ4n) is 7.06. The van der Waals surface area contributed by atoms with Crippen LogP contribution in [-0.4, -0.2) is 19.8 Å². The van der Waals surface area contributed by atoms with E-state index in [1.165, 1.54) is 38.5 Å². The minimum absolute atomic E-state index is 0.267. The SMILES string of the molecule is COc1cc(Cl)cc(CNC23CC4C[C@@](C)(C2)C[C@](C)(C4)C3)c1OC. The van der Waals surface area contributed by atoms with Crippen molar-refractivity contribution in [1.29, 1.82) is 0 Å². The van der Waals surface area contributed by atoms with Gasteiger partial charge in [0.15, 0.2) is 11.5 Å². The third kappa shape index (κ3) is 3.04. The molecule has 0 amide bonds. The summed E-state index contributed by atoms with van der Waals surface area (Å²) >= 11 is 6.29. The number of ether oxygens (including phenoxy) is 2. The Balaban J connectivity index is 1.59. The first-order valence-corrected chi connectivity index (χ1v) is 9.81. The van der Waals surface area contributed by atoms with Crippen molar-refractivity contribution in [2.24, 2.45) is 16.7 Å². The predicted molar refractivity (Wildman–Crippen MR) is 102 cm³/mol. The lowest BCUT2D eigenvalue weighted by Gasteiger charge is -2.65. The van der Waals surface area contributed by atoms with E-state index in [1.807, 2.05) is 12.1 Å². The van der Waals surface area contributed by atoms with Gasteiger partial charge in [-0.05, 0) is 61.3 Å². The molecule has 0 aliphatic heterocycles. The molecule has 0 heterocycles. The van der Waals surface area contributed by atoms with Gasteiger partial charge in [-0.25, -0.2) is 0 Å². The maximum Gasteiger partial charge on any atom is 0.165 e. The second-order valence-corrected chi connectivity index (χ2v) is 10.0. The van der Waals surface area contributed by atoms with Crippen LogP contribution in [-0.2, 0) is 6.54 Å². The molecule has 4 atom stereocenters. The summed E-state index contributed by atoms with van der Waals surface area (Å²) in [5.74, 6) is 2.38. The number of methoxy groups -OCH3 is 2. The van der Waals surface area contributed by atoms with E-state index in [1.54, 1.807) is 14.2 Å². The van der Waals surface area contributed by atoms with Crippen LogP contribution in [0.25, 0.3) is 0 Å². The van der Waals surface area contributed by atoms with E-state index < -0.39 is 0 Å². The molecule has 25 heavy (non-hydrogen) atoms. The van der Waals surface area contributed by atoms with Crippen LogP contribution in [0.3, 0.4) is 0 Å². The molecular weight excluding hydrogens is 334 g/mol. The van der Waals surface area contributed by atoms with E-state index in [2.05, 4.69) is 19.2 Å². The highest BCUT2D eigenvalue weighted by molar-refractivity contribution is 6.30. The lowest BCUT2D eigenvalue weighted by atomic mass is 9.43. The summed E-state index contributed by atoms with van der Waals surface area (Å²) in [6.07, 6.45) is 8.14. The molecule has 1 aromatic carbocycles. The van der Waals surface area contributed by atoms with Gasteiger partial charge in [-0.2, -0.15) is 0 Å². The van der Waals surface area contributed by atoms with Crippen LogP contribution < -0.4 is 14.8 Å².